The number of fused-ring (bicyclic) bond motifs is 1. The van der Waals surface area contributed by atoms with E-state index in [9.17, 15) is 4.79 Å². The first-order chi connectivity index (χ1) is 12.7. The van der Waals surface area contributed by atoms with Gasteiger partial charge >= 0.3 is 0 Å². The third-order valence-electron chi connectivity index (χ3n) is 4.02. The number of nitrogens with zero attached hydrogens (tertiary/aromatic N) is 2. The number of amides is 1. The van der Waals surface area contributed by atoms with Crippen LogP contribution in [0.4, 0.5) is 0 Å². The lowest BCUT2D eigenvalue weighted by Gasteiger charge is -2.05. The molecule has 26 heavy (non-hydrogen) atoms. The van der Waals surface area contributed by atoms with Gasteiger partial charge in [-0.2, -0.15) is 0 Å². The molecular formula is C20H17N3OS2. The summed E-state index contributed by atoms with van der Waals surface area (Å²) in [6.45, 7) is 2.60. The maximum atomic E-state index is 12.3. The normalized spacial score (nSPS) is 11.0. The fourth-order valence-electron chi connectivity index (χ4n) is 2.71. The highest BCUT2D eigenvalue weighted by atomic mass is 32.1. The highest BCUT2D eigenvalue weighted by Gasteiger charge is 2.09. The van der Waals surface area contributed by atoms with Gasteiger partial charge in [0, 0.05) is 22.2 Å². The van der Waals surface area contributed by atoms with E-state index in [1.165, 1.54) is 9.75 Å². The molecule has 0 saturated heterocycles. The minimum Gasteiger partial charge on any atom is -0.350 e. The van der Waals surface area contributed by atoms with Crippen LogP contribution in [-0.2, 0) is 6.42 Å². The van der Waals surface area contributed by atoms with Gasteiger partial charge in [0.05, 0.1) is 21.1 Å². The number of pyridine rings is 1. The number of nitrogens with one attached hydrogen (secondary N) is 1. The summed E-state index contributed by atoms with van der Waals surface area (Å²) in [4.78, 5) is 23.7. The molecule has 3 aromatic heterocycles. The highest BCUT2D eigenvalue weighted by molar-refractivity contribution is 7.16. The van der Waals surface area contributed by atoms with Gasteiger partial charge in [0.2, 0.25) is 0 Å². The molecule has 4 nitrogen and oxygen atoms in total. The van der Waals surface area contributed by atoms with Crippen LogP contribution < -0.4 is 5.32 Å². The first-order valence-electron chi connectivity index (χ1n) is 8.34. The summed E-state index contributed by atoms with van der Waals surface area (Å²) in [7, 11) is 0. The summed E-state index contributed by atoms with van der Waals surface area (Å²) < 4.78 is 0. The molecule has 1 amide bonds. The van der Waals surface area contributed by atoms with E-state index in [1.54, 1.807) is 28.7 Å². The number of rotatable bonds is 5. The van der Waals surface area contributed by atoms with Crippen molar-refractivity contribution in [3.63, 3.8) is 0 Å². The standard InChI is InChI=1S/C20H17N3OS2/c1-13-22-18(12-25-13)19-9-7-15(26-19)10-11-21-20(24)17-8-6-14-4-2-3-5-16(14)23-17/h2-9,12H,10-11H2,1H3,(H,21,24). The zero-order chi connectivity index (χ0) is 17.9. The maximum absolute atomic E-state index is 12.3. The molecule has 0 unspecified atom stereocenters. The van der Waals surface area contributed by atoms with Crippen LogP contribution in [0.15, 0.2) is 53.9 Å². The van der Waals surface area contributed by atoms with Gasteiger partial charge in [0.15, 0.2) is 0 Å². The van der Waals surface area contributed by atoms with Gasteiger partial charge in [0.1, 0.15) is 5.69 Å². The molecule has 0 atom stereocenters. The number of thiophene rings is 1. The molecule has 6 heteroatoms. The number of carbonyl (C=O) groups excluding carboxylic acids is 1. The number of benzene rings is 1. The number of hydrogen-bond acceptors (Lipinski definition) is 5. The fraction of sp³-hybridized carbons (Fsp3) is 0.150. The Bertz CT molecular complexity index is 1070. The largest absolute Gasteiger partial charge is 0.350 e. The van der Waals surface area contributed by atoms with E-state index in [0.717, 1.165) is 28.0 Å². The average molecular weight is 380 g/mol. The smallest absolute Gasteiger partial charge is 0.269 e. The molecule has 0 saturated carbocycles. The highest BCUT2D eigenvalue weighted by Crippen LogP contribution is 2.29. The van der Waals surface area contributed by atoms with Crippen molar-refractivity contribution in [1.82, 2.24) is 15.3 Å². The first kappa shape index (κ1) is 16.9. The molecule has 0 bridgehead atoms. The van der Waals surface area contributed by atoms with Gasteiger partial charge < -0.3 is 5.32 Å². The maximum Gasteiger partial charge on any atom is 0.269 e. The number of carbonyl (C=O) groups is 1. The summed E-state index contributed by atoms with van der Waals surface area (Å²) in [6, 6.07) is 15.7. The topological polar surface area (TPSA) is 54.9 Å². The molecule has 0 fully saturated rings. The summed E-state index contributed by atoms with van der Waals surface area (Å²) in [6.07, 6.45) is 0.799. The third kappa shape index (κ3) is 3.66. The molecule has 1 aromatic carbocycles. The lowest BCUT2D eigenvalue weighted by Crippen LogP contribution is -2.26. The van der Waals surface area contributed by atoms with Crippen molar-refractivity contribution in [2.24, 2.45) is 0 Å². The molecule has 0 aliphatic rings. The van der Waals surface area contributed by atoms with Crippen molar-refractivity contribution in [1.29, 1.82) is 0 Å². The van der Waals surface area contributed by atoms with Crippen molar-refractivity contribution in [3.8, 4) is 10.6 Å². The average Bonchev–Trinajstić information content (AvgIpc) is 3.30. The molecule has 0 aliphatic carbocycles. The van der Waals surface area contributed by atoms with E-state index in [1.807, 2.05) is 37.3 Å². The molecule has 0 spiro atoms. The first-order valence-corrected chi connectivity index (χ1v) is 10.0. The molecule has 4 rings (SSSR count). The van der Waals surface area contributed by atoms with E-state index in [-0.39, 0.29) is 5.91 Å². The predicted molar refractivity (Wildman–Crippen MR) is 108 cm³/mol. The third-order valence-corrected chi connectivity index (χ3v) is 5.96. The molecule has 4 aromatic rings. The lowest BCUT2D eigenvalue weighted by atomic mass is 10.2. The van der Waals surface area contributed by atoms with E-state index >= 15 is 0 Å². The van der Waals surface area contributed by atoms with Gasteiger partial charge in [-0.05, 0) is 37.6 Å². The second kappa shape index (κ2) is 7.35. The predicted octanol–water partition coefficient (Wildman–Crippen LogP) is 4.70. The molecule has 130 valence electrons. The number of thiazole rings is 1. The zero-order valence-corrected chi connectivity index (χ0v) is 15.9. The fourth-order valence-corrected chi connectivity index (χ4v) is 4.36. The lowest BCUT2D eigenvalue weighted by molar-refractivity contribution is 0.0949. The zero-order valence-electron chi connectivity index (χ0n) is 14.2. The van der Waals surface area contributed by atoms with Gasteiger partial charge in [-0.25, -0.2) is 9.97 Å². The molecular weight excluding hydrogens is 362 g/mol. The van der Waals surface area contributed by atoms with Crippen LogP contribution in [0, 0.1) is 6.92 Å². The molecule has 1 N–H and O–H groups in total. The Balaban J connectivity index is 1.36. The van der Waals surface area contributed by atoms with Crippen molar-refractivity contribution >= 4 is 39.5 Å². The van der Waals surface area contributed by atoms with Crippen LogP contribution in [-0.4, -0.2) is 22.4 Å². The van der Waals surface area contributed by atoms with E-state index in [4.69, 9.17) is 0 Å². The Morgan fingerprint density at radius 3 is 2.81 bits per heavy atom. The summed E-state index contributed by atoms with van der Waals surface area (Å²) in [5.74, 6) is -0.136. The minimum atomic E-state index is -0.136. The second-order valence-corrected chi connectivity index (χ2v) is 8.14. The Morgan fingerprint density at radius 2 is 1.96 bits per heavy atom. The molecule has 0 radical (unpaired) electrons. The van der Waals surface area contributed by atoms with Gasteiger partial charge in [-0.15, -0.1) is 22.7 Å². The van der Waals surface area contributed by atoms with Crippen molar-refractivity contribution in [2.75, 3.05) is 6.54 Å². The van der Waals surface area contributed by atoms with Crippen LogP contribution >= 0.6 is 22.7 Å². The van der Waals surface area contributed by atoms with Crippen molar-refractivity contribution < 1.29 is 4.79 Å². The van der Waals surface area contributed by atoms with Crippen LogP contribution in [0.1, 0.15) is 20.4 Å². The second-order valence-electron chi connectivity index (χ2n) is 5.91. The van der Waals surface area contributed by atoms with Crippen LogP contribution in [0.5, 0.6) is 0 Å². The minimum absolute atomic E-state index is 0.136. The van der Waals surface area contributed by atoms with Gasteiger partial charge in [-0.3, -0.25) is 4.79 Å². The van der Waals surface area contributed by atoms with Gasteiger partial charge in [0.25, 0.3) is 5.91 Å². The van der Waals surface area contributed by atoms with Crippen molar-refractivity contribution in [2.45, 2.75) is 13.3 Å². The van der Waals surface area contributed by atoms with Crippen LogP contribution in [0.3, 0.4) is 0 Å². The van der Waals surface area contributed by atoms with Crippen LogP contribution in [0.2, 0.25) is 0 Å². The van der Waals surface area contributed by atoms with Crippen LogP contribution in [0.25, 0.3) is 21.5 Å². The quantitative estimate of drug-likeness (QED) is 0.547. The Labute approximate surface area is 159 Å². The SMILES string of the molecule is Cc1nc(-c2ccc(CCNC(=O)c3ccc4ccccc4n3)s2)cs1. The molecule has 3 heterocycles. The van der Waals surface area contributed by atoms with Crippen molar-refractivity contribution in [3.05, 3.63) is 69.5 Å². The Morgan fingerprint density at radius 1 is 1.08 bits per heavy atom. The summed E-state index contributed by atoms with van der Waals surface area (Å²) in [5.41, 5.74) is 2.32. The van der Waals surface area contributed by atoms with E-state index in [2.05, 4.69) is 32.8 Å². The Kier molecular flexibility index (Phi) is 4.77. The van der Waals surface area contributed by atoms with Gasteiger partial charge in [-0.1, -0.05) is 24.3 Å². The van der Waals surface area contributed by atoms with E-state index in [0.29, 0.717) is 12.2 Å². The number of para-hydroxylation sites is 1. The monoisotopic (exact) mass is 379 g/mol. The number of aromatic nitrogens is 2. The Hall–Kier alpha value is -2.57. The number of hydrogen-bond donors (Lipinski definition) is 1. The summed E-state index contributed by atoms with van der Waals surface area (Å²) >= 11 is 3.39. The number of aryl methyl sites for hydroxylation is 1. The summed E-state index contributed by atoms with van der Waals surface area (Å²) in [5, 5.41) is 7.15. The molecule has 0 aliphatic heterocycles. The van der Waals surface area contributed by atoms with E-state index < -0.39 is 0 Å².